The second-order valence-corrected chi connectivity index (χ2v) is 7.43. The number of hydrogen-bond acceptors (Lipinski definition) is 5. The van der Waals surface area contributed by atoms with Gasteiger partial charge in [0.2, 0.25) is 0 Å². The first kappa shape index (κ1) is 26.4. The minimum atomic E-state index is -2.92. The van der Waals surface area contributed by atoms with Gasteiger partial charge in [0.1, 0.15) is 5.60 Å². The molecule has 1 atom stereocenters. The number of aliphatic hydroxyl groups is 1. The van der Waals surface area contributed by atoms with E-state index in [0.717, 1.165) is 10.4 Å². The van der Waals surface area contributed by atoms with Crippen molar-refractivity contribution < 1.29 is 23.4 Å². The molecule has 0 aliphatic rings. The fourth-order valence-corrected chi connectivity index (χ4v) is 3.41. The molecule has 0 saturated carbocycles. The Labute approximate surface area is 196 Å². The summed E-state index contributed by atoms with van der Waals surface area (Å²) < 4.78 is 34.7. The van der Waals surface area contributed by atoms with Crippen LogP contribution in [0.15, 0.2) is 40.7 Å². The van der Waals surface area contributed by atoms with Crippen LogP contribution in [0, 0.1) is 0 Å². The van der Waals surface area contributed by atoms with Crippen molar-refractivity contribution in [2.75, 3.05) is 26.7 Å². The molecule has 1 aromatic heterocycles. The fraction of sp³-hybridized carbons (Fsp3) is 0.450. The Bertz CT molecular complexity index is 790. The Kier molecular flexibility index (Phi) is 11.3. The first-order valence-corrected chi connectivity index (χ1v) is 10.1. The predicted molar refractivity (Wildman–Crippen MR) is 127 cm³/mol. The van der Waals surface area contributed by atoms with Crippen molar-refractivity contribution in [2.45, 2.75) is 32.5 Å². The number of ether oxygens (including phenoxy) is 2. The summed E-state index contributed by atoms with van der Waals surface area (Å²) in [6.45, 7) is 2.16. The molecule has 1 unspecified atom stereocenters. The quantitative estimate of drug-likeness (QED) is 0.235. The lowest BCUT2D eigenvalue weighted by Gasteiger charge is -2.20. The lowest BCUT2D eigenvalue weighted by molar-refractivity contribution is -0.0512. The molecule has 0 fully saturated rings. The first-order valence-electron chi connectivity index (χ1n) is 9.26. The maximum Gasteiger partial charge on any atom is 0.387 e. The second-order valence-electron chi connectivity index (χ2n) is 6.49. The van der Waals surface area contributed by atoms with Gasteiger partial charge in [0, 0.05) is 18.0 Å². The highest BCUT2D eigenvalue weighted by Gasteiger charge is 2.24. The lowest BCUT2D eigenvalue weighted by atomic mass is 10.1. The normalized spacial score (nSPS) is 13.4. The molecule has 0 aliphatic heterocycles. The molecule has 168 valence electrons. The average Bonchev–Trinajstić information content (AvgIpc) is 3.22. The van der Waals surface area contributed by atoms with Crippen molar-refractivity contribution >= 4 is 41.3 Å². The SMILES string of the molecule is CCNC(=NCC(C)(O)c1cccs1)NCCc1ccc(OC)c(OC(F)F)c1.I. The van der Waals surface area contributed by atoms with Crippen molar-refractivity contribution in [3.63, 3.8) is 0 Å². The number of hydrogen-bond donors (Lipinski definition) is 3. The number of methoxy groups -OCH3 is 1. The first-order chi connectivity index (χ1) is 13.9. The summed E-state index contributed by atoms with van der Waals surface area (Å²) in [6.07, 6.45) is 0.565. The topological polar surface area (TPSA) is 75.1 Å². The van der Waals surface area contributed by atoms with E-state index in [1.165, 1.54) is 18.4 Å². The molecule has 0 radical (unpaired) electrons. The lowest BCUT2D eigenvalue weighted by Crippen LogP contribution is -2.39. The number of benzene rings is 1. The van der Waals surface area contributed by atoms with E-state index in [-0.39, 0.29) is 42.0 Å². The van der Waals surface area contributed by atoms with E-state index >= 15 is 0 Å². The third kappa shape index (κ3) is 8.23. The molecule has 6 nitrogen and oxygen atoms in total. The standard InChI is InChI=1S/C20H27F2N3O3S.HI/c1-4-23-19(25-13-20(2,26)17-6-5-11-29-17)24-10-9-14-7-8-15(27-3)16(12-14)28-18(21)22;/h5-8,11-12,18,26H,4,9-10,13H2,1-3H3,(H2,23,24,25);1H. The van der Waals surface area contributed by atoms with Gasteiger partial charge in [-0.1, -0.05) is 12.1 Å². The maximum atomic E-state index is 12.6. The van der Waals surface area contributed by atoms with E-state index in [1.807, 2.05) is 24.4 Å². The van der Waals surface area contributed by atoms with E-state index in [9.17, 15) is 13.9 Å². The van der Waals surface area contributed by atoms with E-state index < -0.39 is 12.2 Å². The number of thiophene rings is 1. The third-order valence-corrected chi connectivity index (χ3v) is 5.21. The van der Waals surface area contributed by atoms with Crippen molar-refractivity contribution in [3.8, 4) is 11.5 Å². The molecular formula is C20H28F2IN3O3S. The molecule has 30 heavy (non-hydrogen) atoms. The largest absolute Gasteiger partial charge is 0.493 e. The van der Waals surface area contributed by atoms with Gasteiger partial charge in [0.05, 0.1) is 13.7 Å². The van der Waals surface area contributed by atoms with Gasteiger partial charge in [-0.05, 0) is 49.4 Å². The van der Waals surface area contributed by atoms with Crippen LogP contribution in [0.5, 0.6) is 11.5 Å². The van der Waals surface area contributed by atoms with E-state index in [1.54, 1.807) is 25.1 Å². The summed E-state index contributed by atoms with van der Waals surface area (Å²) in [7, 11) is 1.40. The number of rotatable bonds is 10. The average molecular weight is 555 g/mol. The molecule has 0 bridgehead atoms. The highest BCUT2D eigenvalue weighted by molar-refractivity contribution is 14.0. The molecule has 3 N–H and O–H groups in total. The zero-order chi connectivity index (χ0) is 21.3. The predicted octanol–water partition coefficient (Wildman–Crippen LogP) is 3.98. The van der Waals surface area contributed by atoms with Crippen molar-refractivity contribution in [2.24, 2.45) is 4.99 Å². The molecule has 0 amide bonds. The van der Waals surface area contributed by atoms with E-state index in [0.29, 0.717) is 25.5 Å². The summed E-state index contributed by atoms with van der Waals surface area (Å²) in [4.78, 5) is 5.31. The Morgan fingerprint density at radius 1 is 1.27 bits per heavy atom. The highest BCUT2D eigenvalue weighted by Crippen LogP contribution is 2.29. The Morgan fingerprint density at radius 2 is 2.03 bits per heavy atom. The number of aliphatic imine (C=N–C) groups is 1. The van der Waals surface area contributed by atoms with Gasteiger partial charge in [-0.3, -0.25) is 0 Å². The molecular weight excluding hydrogens is 527 g/mol. The van der Waals surface area contributed by atoms with Crippen molar-refractivity contribution in [1.82, 2.24) is 10.6 Å². The van der Waals surface area contributed by atoms with Gasteiger partial charge in [-0.25, -0.2) is 4.99 Å². The molecule has 2 aromatic rings. The van der Waals surface area contributed by atoms with Crippen LogP contribution in [0.25, 0.3) is 0 Å². The number of alkyl halides is 2. The Hall–Kier alpha value is -1.66. The molecule has 2 rings (SSSR count). The smallest absolute Gasteiger partial charge is 0.387 e. The minimum Gasteiger partial charge on any atom is -0.493 e. The minimum absolute atomic E-state index is 0. The summed E-state index contributed by atoms with van der Waals surface area (Å²) in [5.74, 6) is 0.835. The molecule has 0 saturated heterocycles. The fourth-order valence-electron chi connectivity index (χ4n) is 2.63. The number of halogens is 3. The van der Waals surface area contributed by atoms with Gasteiger partial charge < -0.3 is 25.2 Å². The van der Waals surface area contributed by atoms with Gasteiger partial charge in [-0.15, -0.1) is 35.3 Å². The zero-order valence-corrected chi connectivity index (χ0v) is 20.3. The maximum absolute atomic E-state index is 12.6. The van der Waals surface area contributed by atoms with Crippen LogP contribution < -0.4 is 20.1 Å². The molecule has 1 heterocycles. The van der Waals surface area contributed by atoms with Gasteiger partial charge in [-0.2, -0.15) is 8.78 Å². The van der Waals surface area contributed by atoms with Crippen LogP contribution in [0.3, 0.4) is 0 Å². The summed E-state index contributed by atoms with van der Waals surface area (Å²) in [5.41, 5.74) is -0.232. The van der Waals surface area contributed by atoms with E-state index in [4.69, 9.17) is 4.74 Å². The molecule has 0 aliphatic carbocycles. The van der Waals surface area contributed by atoms with Crippen LogP contribution in [-0.2, 0) is 12.0 Å². The summed E-state index contributed by atoms with van der Waals surface area (Å²) in [6, 6.07) is 8.71. The number of guanidine groups is 1. The van der Waals surface area contributed by atoms with Gasteiger partial charge >= 0.3 is 6.61 Å². The molecule has 1 aromatic carbocycles. The van der Waals surface area contributed by atoms with Crippen molar-refractivity contribution in [3.05, 3.63) is 46.2 Å². The van der Waals surface area contributed by atoms with Gasteiger partial charge in [0.15, 0.2) is 17.5 Å². The third-order valence-electron chi connectivity index (χ3n) is 4.09. The molecule has 0 spiro atoms. The summed E-state index contributed by atoms with van der Waals surface area (Å²) >= 11 is 1.48. The summed E-state index contributed by atoms with van der Waals surface area (Å²) in [5, 5.41) is 18.8. The zero-order valence-electron chi connectivity index (χ0n) is 17.2. The number of nitrogens with zero attached hydrogens (tertiary/aromatic N) is 1. The second kappa shape index (κ2) is 12.9. The number of nitrogens with one attached hydrogen (secondary N) is 2. The van der Waals surface area contributed by atoms with E-state index in [2.05, 4.69) is 20.4 Å². The Balaban J connectivity index is 0.00000450. The van der Waals surface area contributed by atoms with Crippen LogP contribution in [0.1, 0.15) is 24.3 Å². The van der Waals surface area contributed by atoms with Crippen molar-refractivity contribution in [1.29, 1.82) is 0 Å². The van der Waals surface area contributed by atoms with Crippen LogP contribution in [-0.4, -0.2) is 44.4 Å². The van der Waals surface area contributed by atoms with Crippen LogP contribution in [0.4, 0.5) is 8.78 Å². The monoisotopic (exact) mass is 555 g/mol. The molecule has 10 heteroatoms. The van der Waals surface area contributed by atoms with Crippen LogP contribution in [0.2, 0.25) is 0 Å². The van der Waals surface area contributed by atoms with Gasteiger partial charge in [0.25, 0.3) is 0 Å². The Morgan fingerprint density at radius 3 is 2.63 bits per heavy atom. The highest BCUT2D eigenvalue weighted by atomic mass is 127. The van der Waals surface area contributed by atoms with Crippen LogP contribution >= 0.6 is 35.3 Å².